The lowest BCUT2D eigenvalue weighted by atomic mass is 9.98. The first-order valence-electron chi connectivity index (χ1n) is 11.6. The van der Waals surface area contributed by atoms with Crippen molar-refractivity contribution in [1.82, 2.24) is 35.6 Å². The average molecular weight is 588 g/mol. The van der Waals surface area contributed by atoms with E-state index in [1.165, 1.54) is 41.4 Å². The van der Waals surface area contributed by atoms with E-state index in [1.54, 1.807) is 37.4 Å². The number of hydrogen-bond donors (Lipinski definition) is 2. The van der Waals surface area contributed by atoms with Crippen molar-refractivity contribution >= 4 is 47.3 Å². The molecule has 3 aromatic rings. The van der Waals surface area contributed by atoms with E-state index in [1.807, 2.05) is 0 Å². The molecule has 1 fully saturated rings. The maximum absolute atomic E-state index is 13.3. The molecular weight excluding hydrogens is 566 g/mol. The second kappa shape index (κ2) is 11.1. The number of carbonyl (C=O) groups excluding carboxylic acids is 3. The van der Waals surface area contributed by atoms with Crippen LogP contribution in [0.3, 0.4) is 0 Å². The summed E-state index contributed by atoms with van der Waals surface area (Å²) in [5.41, 5.74) is -1.13. The van der Waals surface area contributed by atoms with Gasteiger partial charge in [-0.15, -0.1) is 16.9 Å². The van der Waals surface area contributed by atoms with E-state index in [0.717, 1.165) is 4.90 Å². The Hall–Kier alpha value is -4.22. The Morgan fingerprint density at radius 3 is 2.75 bits per heavy atom. The van der Waals surface area contributed by atoms with Crippen LogP contribution < -0.4 is 10.1 Å². The van der Waals surface area contributed by atoms with Gasteiger partial charge in [0.25, 0.3) is 17.5 Å². The molecule has 40 heavy (non-hydrogen) atoms. The van der Waals surface area contributed by atoms with Crippen LogP contribution in [0.25, 0.3) is 0 Å². The van der Waals surface area contributed by atoms with Crippen molar-refractivity contribution in [3.05, 3.63) is 59.0 Å². The van der Waals surface area contributed by atoms with Crippen LogP contribution in [-0.2, 0) is 32.6 Å². The van der Waals surface area contributed by atoms with Gasteiger partial charge in [0.15, 0.2) is 0 Å². The number of hydrogen-bond acceptors (Lipinski definition) is 13. The Kier molecular flexibility index (Phi) is 7.59. The van der Waals surface area contributed by atoms with Gasteiger partial charge in [-0.3, -0.25) is 14.5 Å². The van der Waals surface area contributed by atoms with E-state index in [4.69, 9.17) is 14.0 Å². The van der Waals surface area contributed by atoms with Crippen LogP contribution in [0.15, 0.2) is 57.3 Å². The third-order valence-corrected chi connectivity index (χ3v) is 8.47. The molecule has 2 aromatic heterocycles. The Morgan fingerprint density at radius 1 is 1.30 bits per heavy atom. The van der Waals surface area contributed by atoms with Gasteiger partial charge in [0.2, 0.25) is 11.1 Å². The molecule has 1 saturated heterocycles. The third-order valence-electron chi connectivity index (χ3n) is 6.00. The number of β-lactam (4-membered cyclic amide) rings is 1. The van der Waals surface area contributed by atoms with Crippen LogP contribution in [-0.4, -0.2) is 88.8 Å². The van der Waals surface area contributed by atoms with E-state index in [-0.39, 0.29) is 35.3 Å². The van der Waals surface area contributed by atoms with Crippen molar-refractivity contribution < 1.29 is 38.3 Å². The van der Waals surface area contributed by atoms with Gasteiger partial charge in [-0.1, -0.05) is 30.0 Å². The molecule has 0 spiro atoms. The number of esters is 1. The van der Waals surface area contributed by atoms with E-state index in [0.29, 0.717) is 16.3 Å². The van der Waals surface area contributed by atoms with Crippen LogP contribution in [0.1, 0.15) is 16.1 Å². The number of carbonyl (C=O) groups is 4. The molecule has 0 unspecified atom stereocenters. The van der Waals surface area contributed by atoms with Crippen molar-refractivity contribution in [3.8, 4) is 5.88 Å². The number of tetrazole rings is 1. The molecule has 2 N–H and O–H groups in total. The first-order chi connectivity index (χ1) is 19.2. The number of aromatic nitrogens is 5. The molecule has 17 heteroatoms. The summed E-state index contributed by atoms with van der Waals surface area (Å²) in [6.45, 7) is 0. The zero-order valence-electron chi connectivity index (χ0n) is 21.0. The second-order valence-corrected chi connectivity index (χ2v) is 10.5. The van der Waals surface area contributed by atoms with Crippen molar-refractivity contribution in [2.24, 2.45) is 7.05 Å². The first kappa shape index (κ1) is 27.4. The van der Waals surface area contributed by atoms with Crippen LogP contribution in [0.4, 0.5) is 0 Å². The number of carboxylic acids is 1. The zero-order valence-corrected chi connectivity index (χ0v) is 22.6. The highest BCUT2D eigenvalue weighted by Gasteiger charge is 2.66. The fraction of sp³-hybridized carbons (Fsp3) is 0.304. The lowest BCUT2D eigenvalue weighted by Crippen LogP contribution is -2.80. The molecule has 0 saturated carbocycles. The zero-order chi connectivity index (χ0) is 28.4. The number of aryl methyl sites for hydroxylation is 1. The largest absolute Gasteiger partial charge is 0.477 e. The Bertz CT molecular complexity index is 1510. The molecule has 15 nitrogen and oxygen atoms in total. The normalized spacial score (nSPS) is 20.1. The first-order valence-corrected chi connectivity index (χ1v) is 13.6. The Balaban J connectivity index is 1.25. The van der Waals surface area contributed by atoms with Gasteiger partial charge in [0, 0.05) is 31.7 Å². The predicted octanol–water partition coefficient (Wildman–Crippen LogP) is 0.465. The van der Waals surface area contributed by atoms with Crippen molar-refractivity contribution in [1.29, 1.82) is 0 Å². The van der Waals surface area contributed by atoms with Gasteiger partial charge in [0.1, 0.15) is 16.8 Å². The number of methoxy groups -OCH3 is 1. The van der Waals surface area contributed by atoms with Gasteiger partial charge in [-0.25, -0.2) is 14.3 Å². The maximum Gasteiger partial charge on any atom is 0.352 e. The minimum atomic E-state index is -1.78. The number of nitrogens with one attached hydrogen (secondary N) is 1. The lowest BCUT2D eigenvalue weighted by Gasteiger charge is -2.55. The standard InChI is InChI=1S/C23H21N7O8S2/c1-29-22(25-27-28-29)40-11-13-10-39-21-23(36-2,20(35)30(21)17(13)18(32)33)24-15(31)8-14-9-16(26-38-14)37-19(34)12-6-4-3-5-7-12/h3-7,9,21H,8,10-11H2,1-2H3,(H,24,31)(H,32,33)/t21-,23+/m1/s1. The maximum atomic E-state index is 13.3. The molecule has 2 amide bonds. The van der Waals surface area contributed by atoms with Gasteiger partial charge in [-0.05, 0) is 33.3 Å². The molecule has 1 aromatic carbocycles. The second-order valence-electron chi connectivity index (χ2n) is 8.52. The van der Waals surface area contributed by atoms with Crippen molar-refractivity contribution in [2.75, 3.05) is 18.6 Å². The summed E-state index contributed by atoms with van der Waals surface area (Å²) >= 11 is 2.49. The average Bonchev–Trinajstić information content (AvgIpc) is 3.57. The highest BCUT2D eigenvalue weighted by Crippen LogP contribution is 2.47. The van der Waals surface area contributed by atoms with Crippen LogP contribution in [0.2, 0.25) is 0 Å². The van der Waals surface area contributed by atoms with Gasteiger partial charge in [0.05, 0.1) is 12.0 Å². The van der Waals surface area contributed by atoms with E-state index >= 15 is 0 Å². The fourth-order valence-corrected chi connectivity index (χ4v) is 6.54. The predicted molar refractivity (Wildman–Crippen MR) is 137 cm³/mol. The Morgan fingerprint density at radius 2 is 2.08 bits per heavy atom. The number of rotatable bonds is 10. The van der Waals surface area contributed by atoms with Crippen molar-refractivity contribution in [3.63, 3.8) is 0 Å². The number of ether oxygens (including phenoxy) is 2. The molecule has 0 radical (unpaired) electrons. The summed E-state index contributed by atoms with van der Waals surface area (Å²) in [5.74, 6) is -2.84. The molecule has 2 aliphatic heterocycles. The van der Waals surface area contributed by atoms with Crippen LogP contribution in [0.5, 0.6) is 5.88 Å². The van der Waals surface area contributed by atoms with Gasteiger partial charge in [-0.2, -0.15) is 0 Å². The third kappa shape index (κ3) is 5.05. The van der Waals surface area contributed by atoms with E-state index in [2.05, 4.69) is 26.0 Å². The monoisotopic (exact) mass is 587 g/mol. The van der Waals surface area contributed by atoms with Crippen molar-refractivity contribution in [2.45, 2.75) is 22.7 Å². The number of thioether (sulfide) groups is 2. The molecule has 0 aliphatic carbocycles. The van der Waals surface area contributed by atoms with Gasteiger partial charge < -0.3 is 24.4 Å². The number of amides is 2. The molecular formula is C23H21N7O8S2. The summed E-state index contributed by atoms with van der Waals surface area (Å²) < 4.78 is 17.2. The molecule has 0 bridgehead atoms. The minimum Gasteiger partial charge on any atom is -0.477 e. The SMILES string of the molecule is CO[C@@]1(NC(=O)Cc2cc(OC(=O)c3ccccc3)no2)C(=O)N2C(C(=O)O)=C(CSc3nnnn3C)CS[C@@H]21. The number of carboxylic acid groups (broad SMARTS) is 1. The lowest BCUT2D eigenvalue weighted by molar-refractivity contribution is -0.192. The van der Waals surface area contributed by atoms with Crippen LogP contribution >= 0.6 is 23.5 Å². The smallest absolute Gasteiger partial charge is 0.352 e. The summed E-state index contributed by atoms with van der Waals surface area (Å²) in [6, 6.07) is 9.55. The highest BCUT2D eigenvalue weighted by molar-refractivity contribution is 8.01. The molecule has 2 atom stereocenters. The fourth-order valence-electron chi connectivity index (χ4n) is 4.11. The summed E-state index contributed by atoms with van der Waals surface area (Å²) in [7, 11) is 2.91. The van der Waals surface area contributed by atoms with Gasteiger partial charge >= 0.3 is 11.9 Å². The van der Waals surface area contributed by atoms with E-state index in [9.17, 15) is 24.3 Å². The molecule has 2 aliphatic rings. The Labute approximate surface area is 234 Å². The summed E-state index contributed by atoms with van der Waals surface area (Å²) in [5, 5.41) is 27.0. The number of aliphatic carboxylic acids is 1. The summed E-state index contributed by atoms with van der Waals surface area (Å²) in [6.07, 6.45) is -0.346. The number of nitrogens with zero attached hydrogens (tertiary/aromatic N) is 6. The molecule has 4 heterocycles. The highest BCUT2D eigenvalue weighted by atomic mass is 32.2. The number of fused-ring (bicyclic) bond motifs is 1. The molecule has 5 rings (SSSR count). The van der Waals surface area contributed by atoms with Crippen LogP contribution in [0, 0.1) is 0 Å². The number of benzene rings is 1. The molecule has 208 valence electrons. The topological polar surface area (TPSA) is 192 Å². The quantitative estimate of drug-likeness (QED) is 0.144. The summed E-state index contributed by atoms with van der Waals surface area (Å²) in [4.78, 5) is 51.6. The van der Waals surface area contributed by atoms with E-state index < -0.39 is 34.9 Å². The minimum absolute atomic E-state index is 0.0724.